The van der Waals surface area contributed by atoms with Crippen molar-refractivity contribution in [3.63, 3.8) is 0 Å². The minimum Gasteiger partial charge on any atom is -0.379 e. The predicted molar refractivity (Wildman–Crippen MR) is 96.3 cm³/mol. The van der Waals surface area contributed by atoms with Crippen LogP contribution in [0.3, 0.4) is 0 Å². The topological polar surface area (TPSA) is 79.0 Å². The van der Waals surface area contributed by atoms with E-state index in [0.717, 1.165) is 52.0 Å². The van der Waals surface area contributed by atoms with E-state index in [9.17, 15) is 14.4 Å². The van der Waals surface area contributed by atoms with Gasteiger partial charge in [-0.15, -0.1) is 0 Å². The number of carbonyl (C=O) groups is 3. The van der Waals surface area contributed by atoms with E-state index in [1.165, 1.54) is 4.90 Å². The molecule has 0 aromatic rings. The largest absolute Gasteiger partial charge is 0.379 e. The van der Waals surface area contributed by atoms with Crippen molar-refractivity contribution in [1.82, 2.24) is 15.1 Å². The Hall–Kier alpha value is -1.47. The van der Waals surface area contributed by atoms with E-state index in [-0.39, 0.29) is 48.1 Å². The molecule has 0 bridgehead atoms. The first-order valence-electron chi connectivity index (χ1n) is 9.85. The van der Waals surface area contributed by atoms with Crippen LogP contribution >= 0.6 is 0 Å². The fourth-order valence-corrected chi connectivity index (χ4v) is 4.35. The summed E-state index contributed by atoms with van der Waals surface area (Å²) in [6.45, 7) is 8.13. The summed E-state index contributed by atoms with van der Waals surface area (Å²) in [6, 6.07) is 0. The molecule has 26 heavy (non-hydrogen) atoms. The van der Waals surface area contributed by atoms with Crippen LogP contribution in [0.2, 0.25) is 0 Å². The Kier molecular flexibility index (Phi) is 5.97. The number of rotatable bonds is 6. The van der Waals surface area contributed by atoms with Crippen molar-refractivity contribution in [2.45, 2.75) is 51.5 Å². The van der Waals surface area contributed by atoms with Crippen molar-refractivity contribution >= 4 is 17.7 Å². The van der Waals surface area contributed by atoms with Gasteiger partial charge in [-0.3, -0.25) is 24.2 Å². The summed E-state index contributed by atoms with van der Waals surface area (Å²) >= 11 is 0. The molecule has 1 N–H and O–H groups in total. The lowest BCUT2D eigenvalue weighted by Gasteiger charge is -2.40. The zero-order valence-corrected chi connectivity index (χ0v) is 16.0. The lowest BCUT2D eigenvalue weighted by molar-refractivity contribution is -0.140. The Morgan fingerprint density at radius 3 is 2.27 bits per heavy atom. The number of imide groups is 1. The summed E-state index contributed by atoms with van der Waals surface area (Å²) in [5.41, 5.74) is -0.145. The number of nitrogens with zero attached hydrogens (tertiary/aromatic N) is 2. The number of carbonyl (C=O) groups excluding carboxylic acids is 3. The van der Waals surface area contributed by atoms with Gasteiger partial charge in [0.05, 0.1) is 25.0 Å². The molecular formula is C19H31N3O4. The number of likely N-dealkylation sites (tertiary alicyclic amines) is 1. The van der Waals surface area contributed by atoms with Gasteiger partial charge in [0.25, 0.3) is 0 Å². The SMILES string of the molecule is CC(C)(CNC(=O)CCN1C(=O)C2CCCCC2C1=O)N1CCOCC1. The van der Waals surface area contributed by atoms with Gasteiger partial charge in [-0.25, -0.2) is 0 Å². The molecule has 2 aliphatic heterocycles. The van der Waals surface area contributed by atoms with Crippen molar-refractivity contribution in [3.8, 4) is 0 Å². The van der Waals surface area contributed by atoms with Gasteiger partial charge < -0.3 is 10.1 Å². The molecule has 3 aliphatic rings. The Morgan fingerprint density at radius 1 is 1.12 bits per heavy atom. The third-order valence-corrected chi connectivity index (χ3v) is 6.08. The number of fused-ring (bicyclic) bond motifs is 1. The Labute approximate surface area is 155 Å². The third-order valence-electron chi connectivity index (χ3n) is 6.08. The van der Waals surface area contributed by atoms with Crippen molar-refractivity contribution in [3.05, 3.63) is 0 Å². The fraction of sp³-hybridized carbons (Fsp3) is 0.842. The first-order chi connectivity index (χ1) is 12.4. The van der Waals surface area contributed by atoms with E-state index in [0.29, 0.717) is 6.54 Å². The summed E-state index contributed by atoms with van der Waals surface area (Å²) in [7, 11) is 0. The molecule has 2 heterocycles. The predicted octanol–water partition coefficient (Wildman–Crippen LogP) is 0.779. The van der Waals surface area contributed by atoms with Crippen molar-refractivity contribution in [2.75, 3.05) is 39.4 Å². The quantitative estimate of drug-likeness (QED) is 0.704. The number of ether oxygens (including phenoxy) is 1. The van der Waals surface area contributed by atoms with Crippen molar-refractivity contribution < 1.29 is 19.1 Å². The summed E-state index contributed by atoms with van der Waals surface area (Å²) in [5.74, 6) is -0.525. The lowest BCUT2D eigenvalue weighted by atomic mass is 9.81. The van der Waals surface area contributed by atoms with E-state index >= 15 is 0 Å². The first kappa shape index (κ1) is 19.3. The van der Waals surface area contributed by atoms with E-state index < -0.39 is 0 Å². The minimum atomic E-state index is -0.145. The molecule has 3 rings (SSSR count). The Morgan fingerprint density at radius 2 is 1.69 bits per heavy atom. The summed E-state index contributed by atoms with van der Waals surface area (Å²) in [4.78, 5) is 40.8. The fourth-order valence-electron chi connectivity index (χ4n) is 4.35. The summed E-state index contributed by atoms with van der Waals surface area (Å²) in [5, 5.41) is 2.97. The van der Waals surface area contributed by atoms with Crippen LogP contribution in [0, 0.1) is 11.8 Å². The number of amides is 3. The Balaban J connectivity index is 1.45. The molecule has 3 amide bonds. The molecule has 2 atom stereocenters. The van der Waals surface area contributed by atoms with Crippen LogP contribution in [0.1, 0.15) is 46.0 Å². The van der Waals surface area contributed by atoms with E-state index in [2.05, 4.69) is 24.1 Å². The van der Waals surface area contributed by atoms with Crippen LogP contribution < -0.4 is 5.32 Å². The van der Waals surface area contributed by atoms with Crippen LogP contribution in [-0.4, -0.2) is 72.5 Å². The van der Waals surface area contributed by atoms with Crippen LogP contribution in [0.4, 0.5) is 0 Å². The zero-order valence-electron chi connectivity index (χ0n) is 16.0. The minimum absolute atomic E-state index is 0.0684. The molecular weight excluding hydrogens is 334 g/mol. The molecule has 0 spiro atoms. The maximum absolute atomic E-state index is 12.4. The smallest absolute Gasteiger partial charge is 0.233 e. The first-order valence-corrected chi connectivity index (χ1v) is 9.85. The van der Waals surface area contributed by atoms with E-state index in [1.807, 2.05) is 0 Å². The highest BCUT2D eigenvalue weighted by Gasteiger charge is 2.47. The number of hydrogen-bond donors (Lipinski definition) is 1. The molecule has 7 heteroatoms. The van der Waals surface area contributed by atoms with Gasteiger partial charge in [0.1, 0.15) is 0 Å². The number of hydrogen-bond acceptors (Lipinski definition) is 5. The highest BCUT2D eigenvalue weighted by Crippen LogP contribution is 2.37. The molecule has 0 radical (unpaired) electrons. The maximum atomic E-state index is 12.4. The summed E-state index contributed by atoms with van der Waals surface area (Å²) in [6.07, 6.45) is 3.84. The highest BCUT2D eigenvalue weighted by molar-refractivity contribution is 6.05. The molecule has 2 saturated heterocycles. The van der Waals surface area contributed by atoms with E-state index in [1.54, 1.807) is 0 Å². The number of morpholine rings is 1. The maximum Gasteiger partial charge on any atom is 0.233 e. The second kappa shape index (κ2) is 8.05. The molecule has 0 aromatic heterocycles. The van der Waals surface area contributed by atoms with Crippen LogP contribution in [0.15, 0.2) is 0 Å². The van der Waals surface area contributed by atoms with Gasteiger partial charge in [-0.2, -0.15) is 0 Å². The normalized spacial score (nSPS) is 27.5. The molecule has 0 aromatic carbocycles. The van der Waals surface area contributed by atoms with E-state index in [4.69, 9.17) is 4.74 Å². The average molecular weight is 365 g/mol. The Bertz CT molecular complexity index is 533. The highest BCUT2D eigenvalue weighted by atomic mass is 16.5. The van der Waals surface area contributed by atoms with Crippen LogP contribution in [-0.2, 0) is 19.1 Å². The van der Waals surface area contributed by atoms with Gasteiger partial charge in [0.2, 0.25) is 17.7 Å². The molecule has 3 fully saturated rings. The van der Waals surface area contributed by atoms with Gasteiger partial charge in [-0.05, 0) is 26.7 Å². The monoisotopic (exact) mass is 365 g/mol. The second-order valence-corrected chi connectivity index (χ2v) is 8.26. The standard InChI is InChI=1S/C19H31N3O4/c1-19(2,21-9-11-26-12-10-21)13-20-16(23)7-8-22-17(24)14-5-3-4-6-15(14)18(22)25/h14-15H,3-13H2,1-2H3,(H,20,23). The zero-order chi connectivity index (χ0) is 18.7. The molecule has 1 saturated carbocycles. The van der Waals surface area contributed by atoms with Crippen LogP contribution in [0.5, 0.6) is 0 Å². The lowest BCUT2D eigenvalue weighted by Crippen LogP contribution is -2.55. The molecule has 146 valence electrons. The van der Waals surface area contributed by atoms with Crippen molar-refractivity contribution in [2.24, 2.45) is 11.8 Å². The number of nitrogens with one attached hydrogen (secondary N) is 1. The average Bonchev–Trinajstić information content (AvgIpc) is 2.90. The van der Waals surface area contributed by atoms with Gasteiger partial charge in [0, 0.05) is 38.1 Å². The van der Waals surface area contributed by atoms with Gasteiger partial charge >= 0.3 is 0 Å². The van der Waals surface area contributed by atoms with Gasteiger partial charge in [0.15, 0.2) is 0 Å². The summed E-state index contributed by atoms with van der Waals surface area (Å²) < 4.78 is 5.38. The molecule has 7 nitrogen and oxygen atoms in total. The van der Waals surface area contributed by atoms with Gasteiger partial charge in [-0.1, -0.05) is 12.8 Å². The molecule has 2 unspecified atom stereocenters. The van der Waals surface area contributed by atoms with Crippen molar-refractivity contribution in [1.29, 1.82) is 0 Å². The molecule has 1 aliphatic carbocycles. The second-order valence-electron chi connectivity index (χ2n) is 8.26. The van der Waals surface area contributed by atoms with Crippen LogP contribution in [0.25, 0.3) is 0 Å². The third kappa shape index (κ3) is 4.09.